The van der Waals surface area contributed by atoms with Crippen LogP contribution in [0.3, 0.4) is 0 Å². The molecule has 164 valence electrons. The quantitative estimate of drug-likeness (QED) is 0.577. The zero-order chi connectivity index (χ0) is 20.6. The number of benzene rings is 2. The predicted octanol–water partition coefficient (Wildman–Crippen LogP) is 5.35. The van der Waals surface area contributed by atoms with E-state index in [0.29, 0.717) is 26.4 Å². The first kappa shape index (κ1) is 23.7. The molecule has 0 spiro atoms. The van der Waals surface area contributed by atoms with Gasteiger partial charge in [-0.05, 0) is 75.6 Å². The Kier molecular flexibility index (Phi) is 9.18. The van der Waals surface area contributed by atoms with Crippen molar-refractivity contribution in [3.8, 4) is 23.0 Å². The number of ether oxygens (including phenoxy) is 4. The molecule has 0 bridgehead atoms. The molecule has 5 nitrogen and oxygen atoms in total. The van der Waals surface area contributed by atoms with Crippen LogP contribution < -0.4 is 24.3 Å². The van der Waals surface area contributed by atoms with E-state index in [2.05, 4.69) is 29.6 Å². The maximum absolute atomic E-state index is 5.83. The van der Waals surface area contributed by atoms with Crippen LogP contribution in [-0.2, 0) is 6.42 Å². The third-order valence-electron chi connectivity index (χ3n) is 4.65. The summed E-state index contributed by atoms with van der Waals surface area (Å²) in [5.41, 5.74) is 4.54. The summed E-state index contributed by atoms with van der Waals surface area (Å²) in [6.07, 6.45) is 3.10. The van der Waals surface area contributed by atoms with E-state index in [1.54, 1.807) is 0 Å². The zero-order valence-electron chi connectivity index (χ0n) is 18.2. The van der Waals surface area contributed by atoms with Crippen molar-refractivity contribution in [3.63, 3.8) is 0 Å². The molecule has 0 aliphatic carbocycles. The molecule has 2 aromatic carbocycles. The van der Waals surface area contributed by atoms with Crippen LogP contribution in [0.4, 0.5) is 0 Å². The number of hydrogen-bond acceptors (Lipinski definition) is 5. The van der Waals surface area contributed by atoms with Gasteiger partial charge in [-0.25, -0.2) is 0 Å². The van der Waals surface area contributed by atoms with Crippen LogP contribution in [0.5, 0.6) is 23.0 Å². The third-order valence-corrected chi connectivity index (χ3v) is 4.65. The van der Waals surface area contributed by atoms with Crippen LogP contribution in [0.25, 0.3) is 11.8 Å². The molecule has 0 saturated carbocycles. The average molecular weight is 434 g/mol. The summed E-state index contributed by atoms with van der Waals surface area (Å²) >= 11 is 0. The molecule has 0 fully saturated rings. The molecular weight excluding hydrogens is 402 g/mol. The molecule has 1 aliphatic rings. The number of nitrogens with one attached hydrogen (secondary N) is 1. The third kappa shape index (κ3) is 5.54. The van der Waals surface area contributed by atoms with Crippen LogP contribution in [0.15, 0.2) is 30.3 Å². The first-order chi connectivity index (χ1) is 14.2. The fourth-order valence-electron chi connectivity index (χ4n) is 3.48. The number of fused-ring (bicyclic) bond motifs is 1. The van der Waals surface area contributed by atoms with E-state index >= 15 is 0 Å². The minimum Gasteiger partial charge on any atom is -0.490 e. The Hall–Kier alpha value is -2.53. The van der Waals surface area contributed by atoms with Gasteiger partial charge in [-0.2, -0.15) is 0 Å². The van der Waals surface area contributed by atoms with E-state index < -0.39 is 0 Å². The molecule has 0 aromatic heterocycles. The van der Waals surface area contributed by atoms with E-state index in [0.717, 1.165) is 52.8 Å². The molecule has 3 rings (SSSR count). The van der Waals surface area contributed by atoms with Gasteiger partial charge in [0, 0.05) is 17.8 Å². The molecule has 0 unspecified atom stereocenters. The highest BCUT2D eigenvalue weighted by atomic mass is 35.5. The Balaban J connectivity index is 0.00000320. The largest absolute Gasteiger partial charge is 0.490 e. The van der Waals surface area contributed by atoms with E-state index in [1.807, 2.05) is 39.8 Å². The maximum Gasteiger partial charge on any atom is 0.161 e. The van der Waals surface area contributed by atoms with Gasteiger partial charge in [-0.15, -0.1) is 12.4 Å². The van der Waals surface area contributed by atoms with Gasteiger partial charge >= 0.3 is 0 Å². The summed E-state index contributed by atoms with van der Waals surface area (Å²) in [6, 6.07) is 10.2. The lowest BCUT2D eigenvalue weighted by Gasteiger charge is -2.24. The van der Waals surface area contributed by atoms with E-state index in [1.165, 1.54) is 5.56 Å². The van der Waals surface area contributed by atoms with E-state index in [4.69, 9.17) is 18.9 Å². The minimum absolute atomic E-state index is 0. The normalized spacial score (nSPS) is 13.7. The van der Waals surface area contributed by atoms with Crippen molar-refractivity contribution in [2.75, 3.05) is 33.0 Å². The van der Waals surface area contributed by atoms with Crippen molar-refractivity contribution in [3.05, 3.63) is 47.0 Å². The highest BCUT2D eigenvalue weighted by Gasteiger charge is 2.19. The smallest absolute Gasteiger partial charge is 0.161 e. The van der Waals surface area contributed by atoms with Gasteiger partial charge in [0.15, 0.2) is 23.0 Å². The van der Waals surface area contributed by atoms with E-state index in [-0.39, 0.29) is 12.4 Å². The van der Waals surface area contributed by atoms with Crippen molar-refractivity contribution in [1.29, 1.82) is 0 Å². The molecular formula is C24H32ClNO4. The fraction of sp³-hybridized carbons (Fsp3) is 0.417. The minimum atomic E-state index is 0. The second kappa shape index (κ2) is 11.6. The van der Waals surface area contributed by atoms with E-state index in [9.17, 15) is 0 Å². The maximum atomic E-state index is 5.83. The standard InChI is InChI=1S/C24H31NO4.ClH/c1-5-26-21-10-9-17(14-22(21)27-6-2)13-20-19-16-24(29-8-4)23(28-7-3)15-18(19)11-12-25-20;/h9-10,13-16,25H,5-8,11-12H2,1-4H3;1H/b20-13+;. The fourth-order valence-corrected chi connectivity index (χ4v) is 3.48. The Morgan fingerprint density at radius 2 is 1.33 bits per heavy atom. The average Bonchev–Trinajstić information content (AvgIpc) is 2.71. The Labute approximate surface area is 185 Å². The highest BCUT2D eigenvalue weighted by Crippen LogP contribution is 2.36. The molecule has 1 N–H and O–H groups in total. The molecule has 30 heavy (non-hydrogen) atoms. The summed E-state index contributed by atoms with van der Waals surface area (Å²) in [6.45, 7) is 11.2. The molecule has 0 saturated heterocycles. The summed E-state index contributed by atoms with van der Waals surface area (Å²) in [7, 11) is 0. The van der Waals surface area contributed by atoms with Gasteiger partial charge in [-0.1, -0.05) is 6.07 Å². The number of rotatable bonds is 9. The lowest BCUT2D eigenvalue weighted by molar-refractivity contribution is 0.287. The lowest BCUT2D eigenvalue weighted by atomic mass is 9.96. The van der Waals surface area contributed by atoms with Crippen molar-refractivity contribution in [2.24, 2.45) is 0 Å². The van der Waals surface area contributed by atoms with Gasteiger partial charge in [-0.3, -0.25) is 0 Å². The van der Waals surface area contributed by atoms with Gasteiger partial charge in [0.05, 0.1) is 26.4 Å². The molecule has 0 amide bonds. The van der Waals surface area contributed by atoms with Crippen LogP contribution in [-0.4, -0.2) is 33.0 Å². The zero-order valence-corrected chi connectivity index (χ0v) is 19.1. The summed E-state index contributed by atoms with van der Waals surface area (Å²) < 4.78 is 23.1. The van der Waals surface area contributed by atoms with Gasteiger partial charge in [0.25, 0.3) is 0 Å². The molecule has 1 aliphatic heterocycles. The highest BCUT2D eigenvalue weighted by molar-refractivity contribution is 5.85. The van der Waals surface area contributed by atoms with Crippen LogP contribution in [0, 0.1) is 0 Å². The second-order valence-electron chi connectivity index (χ2n) is 6.63. The Bertz CT molecular complexity index is 867. The number of hydrogen-bond donors (Lipinski definition) is 1. The van der Waals surface area contributed by atoms with Crippen LogP contribution in [0.1, 0.15) is 44.4 Å². The first-order valence-corrected chi connectivity index (χ1v) is 10.5. The van der Waals surface area contributed by atoms with Crippen LogP contribution in [0.2, 0.25) is 0 Å². The predicted molar refractivity (Wildman–Crippen MR) is 124 cm³/mol. The monoisotopic (exact) mass is 433 g/mol. The van der Waals surface area contributed by atoms with Gasteiger partial charge in [0.1, 0.15) is 0 Å². The first-order valence-electron chi connectivity index (χ1n) is 10.5. The topological polar surface area (TPSA) is 49.0 Å². The van der Waals surface area contributed by atoms with Crippen molar-refractivity contribution in [1.82, 2.24) is 5.32 Å². The second-order valence-corrected chi connectivity index (χ2v) is 6.63. The Morgan fingerprint density at radius 3 is 1.97 bits per heavy atom. The van der Waals surface area contributed by atoms with Crippen molar-refractivity contribution >= 4 is 24.2 Å². The van der Waals surface area contributed by atoms with Crippen molar-refractivity contribution < 1.29 is 18.9 Å². The molecule has 2 aromatic rings. The molecule has 6 heteroatoms. The molecule has 0 atom stereocenters. The van der Waals surface area contributed by atoms with Gasteiger partial charge < -0.3 is 24.3 Å². The van der Waals surface area contributed by atoms with Gasteiger partial charge in [0.2, 0.25) is 0 Å². The lowest BCUT2D eigenvalue weighted by Crippen LogP contribution is -2.22. The van der Waals surface area contributed by atoms with Crippen LogP contribution >= 0.6 is 12.4 Å². The summed E-state index contributed by atoms with van der Waals surface area (Å²) in [4.78, 5) is 0. The summed E-state index contributed by atoms with van der Waals surface area (Å²) in [5, 5.41) is 3.53. The summed E-state index contributed by atoms with van der Waals surface area (Å²) in [5.74, 6) is 3.13. The number of halogens is 1. The molecule has 0 radical (unpaired) electrons. The SMILES string of the molecule is CCOc1ccc(/C=C2/NCCc3cc(OCC)c(OCC)cc32)cc1OCC.Cl. The molecule has 1 heterocycles. The Morgan fingerprint density at radius 1 is 0.767 bits per heavy atom. The van der Waals surface area contributed by atoms with Crippen molar-refractivity contribution in [2.45, 2.75) is 34.1 Å².